The summed E-state index contributed by atoms with van der Waals surface area (Å²) >= 11 is 0. The summed E-state index contributed by atoms with van der Waals surface area (Å²) in [6.45, 7) is 0.836. The smallest absolute Gasteiger partial charge is 0.237 e. The van der Waals surface area contributed by atoms with E-state index in [1.54, 1.807) is 19.2 Å². The molecule has 0 fully saturated rings. The van der Waals surface area contributed by atoms with Crippen LogP contribution in [0.4, 0.5) is 0 Å². The standard InChI is InChI=1S/C19H22N2O3/c1-24-18-9-5-4-8-15(18)17(22)12-21-19(23)16-10-13-6-2-3-7-14(13)11-20-16/h2-9,16-17,20,22H,10-12H2,1H3,(H,21,23). The fourth-order valence-corrected chi connectivity index (χ4v) is 3.01. The SMILES string of the molecule is COc1ccccc1C(O)CNC(=O)C1Cc2ccccc2CN1. The van der Waals surface area contributed by atoms with Crippen molar-refractivity contribution >= 4 is 5.91 Å². The molecule has 24 heavy (non-hydrogen) atoms. The predicted molar refractivity (Wildman–Crippen MR) is 91.7 cm³/mol. The minimum Gasteiger partial charge on any atom is -0.496 e. The largest absolute Gasteiger partial charge is 0.496 e. The van der Waals surface area contributed by atoms with E-state index in [0.717, 1.165) is 0 Å². The minimum absolute atomic E-state index is 0.0987. The molecular weight excluding hydrogens is 304 g/mol. The molecule has 1 aliphatic rings. The van der Waals surface area contributed by atoms with Crippen LogP contribution in [0.25, 0.3) is 0 Å². The lowest BCUT2D eigenvalue weighted by molar-refractivity contribution is -0.123. The van der Waals surface area contributed by atoms with Gasteiger partial charge in [-0.2, -0.15) is 0 Å². The third kappa shape index (κ3) is 3.58. The summed E-state index contributed by atoms with van der Waals surface area (Å²) in [4.78, 5) is 12.4. The highest BCUT2D eigenvalue weighted by Crippen LogP contribution is 2.24. The Morgan fingerprint density at radius 3 is 2.75 bits per heavy atom. The van der Waals surface area contributed by atoms with Gasteiger partial charge in [-0.15, -0.1) is 0 Å². The van der Waals surface area contributed by atoms with Crippen LogP contribution in [0, 0.1) is 0 Å². The van der Waals surface area contributed by atoms with Gasteiger partial charge in [0.15, 0.2) is 0 Å². The summed E-state index contributed by atoms with van der Waals surface area (Å²) in [6.07, 6.45) is -0.145. The first-order valence-corrected chi connectivity index (χ1v) is 8.08. The third-order valence-electron chi connectivity index (χ3n) is 4.37. The van der Waals surface area contributed by atoms with E-state index in [9.17, 15) is 9.90 Å². The second-order valence-corrected chi connectivity index (χ2v) is 5.91. The zero-order valence-electron chi connectivity index (χ0n) is 13.7. The average molecular weight is 326 g/mol. The molecule has 1 heterocycles. The van der Waals surface area contributed by atoms with Crippen LogP contribution >= 0.6 is 0 Å². The van der Waals surface area contributed by atoms with Crippen LogP contribution in [0.15, 0.2) is 48.5 Å². The second kappa shape index (κ2) is 7.47. The zero-order valence-corrected chi connectivity index (χ0v) is 13.7. The Kier molecular flexibility index (Phi) is 5.13. The third-order valence-corrected chi connectivity index (χ3v) is 4.37. The summed E-state index contributed by atoms with van der Waals surface area (Å²) in [5.41, 5.74) is 3.10. The van der Waals surface area contributed by atoms with Gasteiger partial charge in [0.05, 0.1) is 19.3 Å². The minimum atomic E-state index is -0.805. The molecule has 0 saturated heterocycles. The first kappa shape index (κ1) is 16.5. The molecule has 2 unspecified atom stereocenters. The van der Waals surface area contributed by atoms with Gasteiger partial charge in [0.1, 0.15) is 5.75 Å². The summed E-state index contributed by atoms with van der Waals surface area (Å²) in [6, 6.07) is 15.1. The molecule has 1 aliphatic heterocycles. The summed E-state index contributed by atoms with van der Waals surface area (Å²) < 4.78 is 5.24. The van der Waals surface area contributed by atoms with Gasteiger partial charge in [-0.05, 0) is 23.6 Å². The summed E-state index contributed by atoms with van der Waals surface area (Å²) in [5.74, 6) is 0.516. The van der Waals surface area contributed by atoms with Crippen molar-refractivity contribution in [3.05, 3.63) is 65.2 Å². The van der Waals surface area contributed by atoms with Gasteiger partial charge in [0, 0.05) is 18.7 Å². The van der Waals surface area contributed by atoms with Crippen molar-refractivity contribution in [2.24, 2.45) is 0 Å². The highest BCUT2D eigenvalue weighted by atomic mass is 16.5. The number of methoxy groups -OCH3 is 1. The Morgan fingerprint density at radius 2 is 1.96 bits per heavy atom. The molecule has 0 spiro atoms. The number of carbonyl (C=O) groups excluding carboxylic acids is 1. The van der Waals surface area contributed by atoms with Gasteiger partial charge in [0.2, 0.25) is 5.91 Å². The number of amides is 1. The Hall–Kier alpha value is -2.37. The lowest BCUT2D eigenvalue weighted by Gasteiger charge is -2.26. The molecule has 0 aromatic heterocycles. The number of benzene rings is 2. The van der Waals surface area contributed by atoms with Crippen LogP contribution in [-0.2, 0) is 17.8 Å². The van der Waals surface area contributed by atoms with Gasteiger partial charge < -0.3 is 20.5 Å². The molecule has 0 radical (unpaired) electrons. The van der Waals surface area contributed by atoms with Crippen LogP contribution in [0.5, 0.6) is 5.75 Å². The maximum atomic E-state index is 12.4. The lowest BCUT2D eigenvalue weighted by atomic mass is 9.95. The average Bonchev–Trinajstić information content (AvgIpc) is 2.65. The summed E-state index contributed by atoms with van der Waals surface area (Å²) in [7, 11) is 1.56. The summed E-state index contributed by atoms with van der Waals surface area (Å²) in [5, 5.41) is 16.4. The molecule has 3 rings (SSSR count). The van der Waals surface area contributed by atoms with Gasteiger partial charge in [-0.25, -0.2) is 0 Å². The molecular formula is C19H22N2O3. The van der Waals surface area contributed by atoms with Crippen molar-refractivity contribution in [3.63, 3.8) is 0 Å². The molecule has 2 aromatic rings. The maximum absolute atomic E-state index is 12.4. The van der Waals surface area contributed by atoms with Gasteiger partial charge >= 0.3 is 0 Å². The number of rotatable bonds is 5. The number of fused-ring (bicyclic) bond motifs is 1. The van der Waals surface area contributed by atoms with Crippen molar-refractivity contribution in [2.45, 2.75) is 25.1 Å². The Labute approximate surface area is 141 Å². The van der Waals surface area contributed by atoms with E-state index in [1.807, 2.05) is 24.3 Å². The number of aliphatic hydroxyl groups is 1. The van der Waals surface area contributed by atoms with Crippen LogP contribution < -0.4 is 15.4 Å². The molecule has 5 nitrogen and oxygen atoms in total. The Bertz CT molecular complexity index is 717. The Balaban J connectivity index is 1.58. The lowest BCUT2D eigenvalue weighted by Crippen LogP contribution is -2.48. The molecule has 0 aliphatic carbocycles. The van der Waals surface area contributed by atoms with Crippen LogP contribution in [0.3, 0.4) is 0 Å². The topological polar surface area (TPSA) is 70.6 Å². The molecule has 2 aromatic carbocycles. The number of hydrogen-bond acceptors (Lipinski definition) is 4. The number of para-hydroxylation sites is 1. The second-order valence-electron chi connectivity index (χ2n) is 5.91. The van der Waals surface area contributed by atoms with E-state index in [1.165, 1.54) is 11.1 Å². The van der Waals surface area contributed by atoms with Crippen molar-refractivity contribution in [1.82, 2.24) is 10.6 Å². The number of aliphatic hydroxyl groups excluding tert-OH is 1. The fourth-order valence-electron chi connectivity index (χ4n) is 3.01. The van der Waals surface area contributed by atoms with Gasteiger partial charge in [-0.1, -0.05) is 42.5 Å². The molecule has 0 bridgehead atoms. The number of carbonyl (C=O) groups is 1. The highest BCUT2D eigenvalue weighted by molar-refractivity contribution is 5.82. The normalized spacial score (nSPS) is 17.7. The number of nitrogens with one attached hydrogen (secondary N) is 2. The molecule has 1 amide bonds. The van der Waals surface area contributed by atoms with Crippen LogP contribution in [-0.4, -0.2) is 30.7 Å². The van der Waals surface area contributed by atoms with E-state index in [0.29, 0.717) is 24.3 Å². The van der Waals surface area contributed by atoms with Crippen LogP contribution in [0.1, 0.15) is 22.8 Å². The Morgan fingerprint density at radius 1 is 1.25 bits per heavy atom. The van der Waals surface area contributed by atoms with Crippen molar-refractivity contribution in [3.8, 4) is 5.75 Å². The highest BCUT2D eigenvalue weighted by Gasteiger charge is 2.24. The maximum Gasteiger partial charge on any atom is 0.237 e. The zero-order chi connectivity index (χ0) is 16.9. The van der Waals surface area contributed by atoms with E-state index in [2.05, 4.69) is 22.8 Å². The fraction of sp³-hybridized carbons (Fsp3) is 0.316. The van der Waals surface area contributed by atoms with Crippen molar-refractivity contribution in [2.75, 3.05) is 13.7 Å². The van der Waals surface area contributed by atoms with Gasteiger partial charge in [-0.3, -0.25) is 4.79 Å². The number of ether oxygens (including phenoxy) is 1. The molecule has 0 saturated carbocycles. The monoisotopic (exact) mass is 326 g/mol. The van der Waals surface area contributed by atoms with E-state index >= 15 is 0 Å². The first-order valence-electron chi connectivity index (χ1n) is 8.08. The van der Waals surface area contributed by atoms with Crippen molar-refractivity contribution < 1.29 is 14.6 Å². The van der Waals surface area contributed by atoms with E-state index in [-0.39, 0.29) is 18.5 Å². The molecule has 2 atom stereocenters. The van der Waals surface area contributed by atoms with Crippen LogP contribution in [0.2, 0.25) is 0 Å². The van der Waals surface area contributed by atoms with Crippen molar-refractivity contribution in [1.29, 1.82) is 0 Å². The first-order chi connectivity index (χ1) is 11.7. The van der Waals surface area contributed by atoms with E-state index in [4.69, 9.17) is 4.74 Å². The molecule has 3 N–H and O–H groups in total. The molecule has 126 valence electrons. The predicted octanol–water partition coefficient (Wildman–Crippen LogP) is 1.56. The van der Waals surface area contributed by atoms with Gasteiger partial charge in [0.25, 0.3) is 0 Å². The number of hydrogen-bond donors (Lipinski definition) is 3. The quantitative estimate of drug-likeness (QED) is 0.780. The van der Waals surface area contributed by atoms with E-state index < -0.39 is 6.10 Å². The molecule has 5 heteroatoms.